The molecular weight excluding hydrogens is 288 g/mol. The van der Waals surface area contributed by atoms with Crippen LogP contribution in [0.25, 0.3) is 0 Å². The summed E-state index contributed by atoms with van der Waals surface area (Å²) in [6.45, 7) is 4.19. The van der Waals surface area contributed by atoms with Gasteiger partial charge in [0.15, 0.2) is 0 Å². The highest BCUT2D eigenvalue weighted by atomic mass is 16.6. The number of hydrogen-bond acceptors (Lipinski definition) is 6. The molecule has 8 heteroatoms. The first kappa shape index (κ1) is 15.9. The third-order valence-corrected chi connectivity index (χ3v) is 3.95. The summed E-state index contributed by atoms with van der Waals surface area (Å²) in [5.41, 5.74) is 3.12. The van der Waals surface area contributed by atoms with Crippen LogP contribution in [0.15, 0.2) is 23.3 Å². The molecule has 0 unspecified atom stereocenters. The number of nitro groups is 2. The number of rotatable bonds is 4. The van der Waals surface area contributed by atoms with Crippen molar-refractivity contribution in [3.8, 4) is 0 Å². The number of benzene rings is 1. The number of hydrogen-bond donors (Lipinski definition) is 1. The minimum absolute atomic E-state index is 0.0409. The predicted molar refractivity (Wildman–Crippen MR) is 83.1 cm³/mol. The third-order valence-electron chi connectivity index (χ3n) is 3.95. The zero-order valence-corrected chi connectivity index (χ0v) is 12.5. The number of non-ortho nitro benzene ring substituents is 1. The average molecular weight is 306 g/mol. The highest BCUT2D eigenvalue weighted by molar-refractivity contribution is 5.91. The van der Waals surface area contributed by atoms with Crippen molar-refractivity contribution < 1.29 is 9.85 Å². The minimum atomic E-state index is -0.660. The van der Waals surface area contributed by atoms with E-state index in [0.29, 0.717) is 0 Å². The fourth-order valence-corrected chi connectivity index (χ4v) is 2.56. The molecule has 1 aromatic rings. The highest BCUT2D eigenvalue weighted by Gasteiger charge is 2.28. The van der Waals surface area contributed by atoms with Crippen LogP contribution in [0.2, 0.25) is 0 Å². The molecular formula is C14H18N4O4. The lowest BCUT2D eigenvalue weighted by molar-refractivity contribution is -0.393. The number of nitrogens with one attached hydrogen (secondary N) is 1. The van der Waals surface area contributed by atoms with Gasteiger partial charge in [0.1, 0.15) is 5.69 Å². The smallest absolute Gasteiger partial charge is 0.272 e. The van der Waals surface area contributed by atoms with Gasteiger partial charge in [-0.25, -0.2) is 0 Å². The molecule has 1 aliphatic rings. The van der Waals surface area contributed by atoms with E-state index >= 15 is 0 Å². The largest absolute Gasteiger partial charge is 0.301 e. The van der Waals surface area contributed by atoms with Crippen molar-refractivity contribution in [3.05, 3.63) is 38.4 Å². The van der Waals surface area contributed by atoms with Gasteiger partial charge in [-0.3, -0.25) is 25.7 Å². The van der Waals surface area contributed by atoms with Crippen LogP contribution in [-0.4, -0.2) is 15.6 Å². The van der Waals surface area contributed by atoms with Crippen molar-refractivity contribution in [2.75, 3.05) is 5.43 Å². The van der Waals surface area contributed by atoms with E-state index in [0.717, 1.165) is 37.5 Å². The van der Waals surface area contributed by atoms with Crippen molar-refractivity contribution in [2.45, 2.75) is 39.5 Å². The number of nitrogens with zero attached hydrogens (tertiary/aromatic N) is 3. The standard InChI is InChI=1S/C14H18N4O4/c1-14(2)8-4-3-5-13(14)16-15-11-7-6-10(17(19)20)9-12(11)18(21)22/h6-7,9,15H,3-5,8H2,1-2H3. The first-order valence-corrected chi connectivity index (χ1v) is 7.07. The van der Waals surface area contributed by atoms with E-state index in [1.165, 1.54) is 12.1 Å². The SMILES string of the molecule is CC1(C)CCCCC1=NNc1ccc([N+](=O)[O-])cc1[N+](=O)[O-]. The van der Waals surface area contributed by atoms with E-state index in [4.69, 9.17) is 0 Å². The van der Waals surface area contributed by atoms with E-state index in [1.54, 1.807) is 0 Å². The van der Waals surface area contributed by atoms with Gasteiger partial charge in [-0.15, -0.1) is 0 Å². The molecule has 1 fully saturated rings. The maximum absolute atomic E-state index is 11.1. The molecule has 2 rings (SSSR count). The van der Waals surface area contributed by atoms with E-state index < -0.39 is 9.85 Å². The molecule has 0 bridgehead atoms. The van der Waals surface area contributed by atoms with Gasteiger partial charge >= 0.3 is 5.69 Å². The van der Waals surface area contributed by atoms with Crippen LogP contribution < -0.4 is 5.43 Å². The van der Waals surface area contributed by atoms with Gasteiger partial charge in [0, 0.05) is 17.2 Å². The maximum Gasteiger partial charge on any atom is 0.301 e. The summed E-state index contributed by atoms with van der Waals surface area (Å²) in [4.78, 5) is 20.5. The molecule has 8 nitrogen and oxygen atoms in total. The summed E-state index contributed by atoms with van der Waals surface area (Å²) in [6.07, 6.45) is 4.06. The molecule has 0 amide bonds. The first-order valence-electron chi connectivity index (χ1n) is 7.07. The van der Waals surface area contributed by atoms with Crippen LogP contribution in [-0.2, 0) is 0 Å². The average Bonchev–Trinajstić information content (AvgIpc) is 2.45. The Balaban J connectivity index is 2.29. The Morgan fingerprint density at radius 3 is 2.50 bits per heavy atom. The normalized spacial score (nSPS) is 18.9. The fraction of sp³-hybridized carbons (Fsp3) is 0.500. The van der Waals surface area contributed by atoms with Crippen molar-refractivity contribution in [2.24, 2.45) is 10.5 Å². The van der Waals surface area contributed by atoms with Crippen LogP contribution in [0.3, 0.4) is 0 Å². The van der Waals surface area contributed by atoms with Gasteiger partial charge in [0.05, 0.1) is 15.9 Å². The van der Waals surface area contributed by atoms with Gasteiger partial charge < -0.3 is 0 Å². The van der Waals surface area contributed by atoms with Gasteiger partial charge in [0.25, 0.3) is 5.69 Å². The molecule has 0 radical (unpaired) electrons. The Labute approximate surface area is 127 Å². The molecule has 0 aliphatic heterocycles. The van der Waals surface area contributed by atoms with Crippen molar-refractivity contribution in [1.82, 2.24) is 0 Å². The lowest BCUT2D eigenvalue weighted by atomic mass is 9.76. The minimum Gasteiger partial charge on any atom is -0.272 e. The van der Waals surface area contributed by atoms with Crippen LogP contribution in [0.5, 0.6) is 0 Å². The summed E-state index contributed by atoms with van der Waals surface area (Å²) in [5.74, 6) is 0. The summed E-state index contributed by atoms with van der Waals surface area (Å²) < 4.78 is 0. The van der Waals surface area contributed by atoms with Gasteiger partial charge in [0.2, 0.25) is 0 Å². The number of hydrazone groups is 1. The highest BCUT2D eigenvalue weighted by Crippen LogP contribution is 2.34. The monoisotopic (exact) mass is 306 g/mol. The van der Waals surface area contributed by atoms with E-state index in [2.05, 4.69) is 24.4 Å². The van der Waals surface area contributed by atoms with Gasteiger partial charge in [-0.05, 0) is 25.3 Å². The van der Waals surface area contributed by atoms with Crippen LogP contribution in [0, 0.1) is 25.6 Å². The summed E-state index contributed by atoms with van der Waals surface area (Å²) >= 11 is 0. The Hall–Kier alpha value is -2.51. The lowest BCUT2D eigenvalue weighted by Crippen LogP contribution is -2.28. The Bertz CT molecular complexity index is 640. The zero-order chi connectivity index (χ0) is 16.3. The van der Waals surface area contributed by atoms with Gasteiger partial charge in [-0.1, -0.05) is 20.3 Å². The Kier molecular flexibility index (Phi) is 4.39. The Morgan fingerprint density at radius 1 is 1.18 bits per heavy atom. The molecule has 0 heterocycles. The molecule has 22 heavy (non-hydrogen) atoms. The molecule has 1 aromatic carbocycles. The second-order valence-corrected chi connectivity index (χ2v) is 5.98. The quantitative estimate of drug-likeness (QED) is 0.670. The van der Waals surface area contributed by atoms with Crippen molar-refractivity contribution in [3.63, 3.8) is 0 Å². The second kappa shape index (κ2) is 6.08. The molecule has 1 aliphatic carbocycles. The summed E-state index contributed by atoms with van der Waals surface area (Å²) in [5, 5.41) is 26.1. The topological polar surface area (TPSA) is 111 Å². The third kappa shape index (κ3) is 3.38. The predicted octanol–water partition coefficient (Wildman–Crippen LogP) is 3.87. The second-order valence-electron chi connectivity index (χ2n) is 5.98. The van der Waals surface area contributed by atoms with Gasteiger partial charge in [-0.2, -0.15) is 5.10 Å². The molecule has 0 saturated heterocycles. The summed E-state index contributed by atoms with van der Waals surface area (Å²) in [6, 6.07) is 3.48. The van der Waals surface area contributed by atoms with E-state index in [1.807, 2.05) is 0 Å². The lowest BCUT2D eigenvalue weighted by Gasteiger charge is -2.31. The van der Waals surface area contributed by atoms with Crippen LogP contribution >= 0.6 is 0 Å². The molecule has 0 spiro atoms. The van der Waals surface area contributed by atoms with Crippen molar-refractivity contribution >= 4 is 22.8 Å². The molecule has 0 aromatic heterocycles. The summed E-state index contributed by atoms with van der Waals surface area (Å²) in [7, 11) is 0. The molecule has 118 valence electrons. The van der Waals surface area contributed by atoms with Crippen molar-refractivity contribution in [1.29, 1.82) is 0 Å². The number of nitro benzene ring substituents is 2. The molecule has 1 N–H and O–H groups in total. The molecule has 1 saturated carbocycles. The fourth-order valence-electron chi connectivity index (χ4n) is 2.56. The Morgan fingerprint density at radius 2 is 1.91 bits per heavy atom. The van der Waals surface area contributed by atoms with E-state index in [9.17, 15) is 20.2 Å². The zero-order valence-electron chi connectivity index (χ0n) is 12.5. The first-order chi connectivity index (χ1) is 10.3. The molecule has 0 atom stereocenters. The van der Waals surface area contributed by atoms with E-state index in [-0.39, 0.29) is 22.5 Å². The van der Waals surface area contributed by atoms with Crippen LogP contribution in [0.4, 0.5) is 17.1 Å². The number of anilines is 1. The maximum atomic E-state index is 11.1. The van der Waals surface area contributed by atoms with Crippen LogP contribution in [0.1, 0.15) is 39.5 Å².